The molecule has 0 bridgehead atoms. The van der Waals surface area contributed by atoms with Crippen LogP contribution in [0.1, 0.15) is 19.4 Å². The first-order chi connectivity index (χ1) is 7.09. The highest BCUT2D eigenvalue weighted by molar-refractivity contribution is 5.73. The Morgan fingerprint density at radius 1 is 1.27 bits per heavy atom. The average molecular weight is 203 g/mol. The third kappa shape index (κ3) is 3.98. The maximum Gasteiger partial charge on any atom is 0.219 e. The number of carbonyl (C=O) groups is 1. The third-order valence-electron chi connectivity index (χ3n) is 2.24. The molecule has 0 spiro atoms. The molecule has 0 aromatic heterocycles. The third-order valence-corrected chi connectivity index (χ3v) is 2.24. The number of carbonyl (C=O) groups excluding carboxylic acids is 1. The molecular weight excluding hydrogens is 186 g/mol. The Hall–Kier alpha value is -1.57. The van der Waals surface area contributed by atoms with E-state index in [1.165, 1.54) is 11.1 Å². The quantitative estimate of drug-likeness (QED) is 0.739. The van der Waals surface area contributed by atoms with Crippen molar-refractivity contribution in [2.45, 2.75) is 13.8 Å². The smallest absolute Gasteiger partial charge is 0.219 e. The Labute approximate surface area is 91.2 Å². The van der Waals surface area contributed by atoms with Crippen LogP contribution in [-0.4, -0.2) is 24.4 Å². The van der Waals surface area contributed by atoms with E-state index in [2.05, 4.69) is 18.2 Å². The summed E-state index contributed by atoms with van der Waals surface area (Å²) in [6.45, 7) is 4.30. The zero-order valence-corrected chi connectivity index (χ0v) is 9.53. The van der Waals surface area contributed by atoms with Gasteiger partial charge in [-0.05, 0) is 12.5 Å². The molecule has 0 aliphatic rings. The Balaban J connectivity index is 2.65. The van der Waals surface area contributed by atoms with Gasteiger partial charge in [0.25, 0.3) is 0 Å². The van der Waals surface area contributed by atoms with Gasteiger partial charge in [-0.15, -0.1) is 0 Å². The molecule has 1 amide bonds. The molecule has 1 aromatic rings. The van der Waals surface area contributed by atoms with Gasteiger partial charge >= 0.3 is 0 Å². The summed E-state index contributed by atoms with van der Waals surface area (Å²) < 4.78 is 0. The maximum absolute atomic E-state index is 11.0. The molecule has 0 saturated heterocycles. The van der Waals surface area contributed by atoms with Crippen LogP contribution in [0, 0.1) is 0 Å². The summed E-state index contributed by atoms with van der Waals surface area (Å²) in [7, 11) is 1.81. The second-order valence-corrected chi connectivity index (χ2v) is 3.78. The summed E-state index contributed by atoms with van der Waals surface area (Å²) in [5.41, 5.74) is 2.35. The van der Waals surface area contributed by atoms with E-state index in [1.54, 1.807) is 11.8 Å². The van der Waals surface area contributed by atoms with Gasteiger partial charge in [-0.3, -0.25) is 4.79 Å². The first-order valence-electron chi connectivity index (χ1n) is 5.03. The van der Waals surface area contributed by atoms with Crippen molar-refractivity contribution in [1.82, 2.24) is 4.90 Å². The molecule has 1 rings (SSSR count). The van der Waals surface area contributed by atoms with E-state index in [-0.39, 0.29) is 5.91 Å². The molecule has 0 radical (unpaired) electrons. The Morgan fingerprint density at radius 2 is 1.87 bits per heavy atom. The number of hydrogen-bond acceptors (Lipinski definition) is 1. The van der Waals surface area contributed by atoms with Crippen molar-refractivity contribution in [1.29, 1.82) is 0 Å². The molecule has 0 aliphatic heterocycles. The number of amides is 1. The van der Waals surface area contributed by atoms with Crippen LogP contribution in [-0.2, 0) is 4.79 Å². The van der Waals surface area contributed by atoms with Crippen molar-refractivity contribution in [3.05, 3.63) is 41.5 Å². The number of benzene rings is 1. The molecule has 0 aliphatic carbocycles. The van der Waals surface area contributed by atoms with Gasteiger partial charge in [0.15, 0.2) is 0 Å². The molecule has 0 unspecified atom stereocenters. The van der Waals surface area contributed by atoms with Crippen LogP contribution in [0.15, 0.2) is 35.9 Å². The first kappa shape index (κ1) is 11.5. The summed E-state index contributed by atoms with van der Waals surface area (Å²) in [5.74, 6) is 0.0933. The lowest BCUT2D eigenvalue weighted by Crippen LogP contribution is -2.25. The van der Waals surface area contributed by atoms with Crippen molar-refractivity contribution < 1.29 is 4.79 Å². The monoisotopic (exact) mass is 203 g/mol. The molecule has 2 nitrogen and oxygen atoms in total. The molecule has 0 heterocycles. The van der Waals surface area contributed by atoms with Gasteiger partial charge in [0.05, 0.1) is 0 Å². The number of rotatable bonds is 3. The van der Waals surface area contributed by atoms with E-state index < -0.39 is 0 Å². The van der Waals surface area contributed by atoms with Crippen molar-refractivity contribution >= 4 is 12.0 Å². The zero-order valence-electron chi connectivity index (χ0n) is 9.53. The van der Waals surface area contributed by atoms with Gasteiger partial charge in [-0.2, -0.15) is 0 Å². The van der Waals surface area contributed by atoms with Crippen molar-refractivity contribution in [3.63, 3.8) is 0 Å². The molecule has 80 valence electrons. The van der Waals surface area contributed by atoms with E-state index in [0.717, 1.165) is 0 Å². The van der Waals surface area contributed by atoms with Crippen molar-refractivity contribution in [2.24, 2.45) is 0 Å². The van der Waals surface area contributed by atoms with Crippen LogP contribution in [0.2, 0.25) is 0 Å². The SMILES string of the molecule is CC(=O)N(C)CC(C)=Cc1ccccc1. The fourth-order valence-corrected chi connectivity index (χ4v) is 1.36. The van der Waals surface area contributed by atoms with Crippen LogP contribution in [0.25, 0.3) is 6.08 Å². The maximum atomic E-state index is 11.0. The molecule has 1 aromatic carbocycles. The Kier molecular flexibility index (Phi) is 4.10. The summed E-state index contributed by atoms with van der Waals surface area (Å²) in [6, 6.07) is 10.1. The highest BCUT2D eigenvalue weighted by Gasteiger charge is 2.01. The van der Waals surface area contributed by atoms with Gasteiger partial charge in [0.1, 0.15) is 0 Å². The Bertz CT molecular complexity index is 354. The van der Waals surface area contributed by atoms with Crippen LogP contribution < -0.4 is 0 Å². The summed E-state index contributed by atoms with van der Waals surface area (Å²) in [4.78, 5) is 12.7. The van der Waals surface area contributed by atoms with E-state index in [9.17, 15) is 4.79 Å². The second-order valence-electron chi connectivity index (χ2n) is 3.78. The molecule has 2 heteroatoms. The highest BCUT2D eigenvalue weighted by atomic mass is 16.2. The molecule has 0 atom stereocenters. The van der Waals surface area contributed by atoms with E-state index in [4.69, 9.17) is 0 Å². The van der Waals surface area contributed by atoms with E-state index >= 15 is 0 Å². The van der Waals surface area contributed by atoms with Gasteiger partial charge in [-0.25, -0.2) is 0 Å². The number of hydrogen-bond donors (Lipinski definition) is 0. The fraction of sp³-hybridized carbons (Fsp3) is 0.308. The van der Waals surface area contributed by atoms with E-state index in [1.807, 2.05) is 32.2 Å². The van der Waals surface area contributed by atoms with Gasteiger partial charge in [-0.1, -0.05) is 42.0 Å². The largest absolute Gasteiger partial charge is 0.342 e. The van der Waals surface area contributed by atoms with E-state index in [0.29, 0.717) is 6.54 Å². The lowest BCUT2D eigenvalue weighted by Gasteiger charge is -2.14. The van der Waals surface area contributed by atoms with Gasteiger partial charge < -0.3 is 4.90 Å². The first-order valence-corrected chi connectivity index (χ1v) is 5.03. The minimum atomic E-state index is 0.0933. The molecule has 0 fully saturated rings. The Morgan fingerprint density at radius 3 is 2.40 bits per heavy atom. The highest BCUT2D eigenvalue weighted by Crippen LogP contribution is 2.06. The molecule has 15 heavy (non-hydrogen) atoms. The lowest BCUT2D eigenvalue weighted by molar-refractivity contribution is -0.127. The minimum absolute atomic E-state index is 0.0933. The topological polar surface area (TPSA) is 20.3 Å². The average Bonchev–Trinajstić information content (AvgIpc) is 2.18. The van der Waals surface area contributed by atoms with Crippen LogP contribution in [0.5, 0.6) is 0 Å². The molecule has 0 saturated carbocycles. The van der Waals surface area contributed by atoms with Crippen molar-refractivity contribution in [2.75, 3.05) is 13.6 Å². The summed E-state index contributed by atoms with van der Waals surface area (Å²) >= 11 is 0. The van der Waals surface area contributed by atoms with Gasteiger partial charge in [0, 0.05) is 20.5 Å². The zero-order chi connectivity index (χ0) is 11.3. The second kappa shape index (κ2) is 5.35. The number of nitrogens with zero attached hydrogens (tertiary/aromatic N) is 1. The van der Waals surface area contributed by atoms with Crippen LogP contribution >= 0.6 is 0 Å². The lowest BCUT2D eigenvalue weighted by atomic mass is 10.1. The number of likely N-dealkylation sites (N-methyl/N-ethyl adjacent to an activating group) is 1. The normalized spacial score (nSPS) is 11.3. The standard InChI is InChI=1S/C13H17NO/c1-11(10-14(3)12(2)15)9-13-7-5-4-6-8-13/h4-9H,10H2,1-3H3. The molecule has 0 N–H and O–H groups in total. The van der Waals surface area contributed by atoms with Crippen LogP contribution in [0.3, 0.4) is 0 Å². The minimum Gasteiger partial charge on any atom is -0.342 e. The summed E-state index contributed by atoms with van der Waals surface area (Å²) in [6.07, 6.45) is 2.10. The predicted octanol–water partition coefficient (Wildman–Crippen LogP) is 2.57. The fourth-order valence-electron chi connectivity index (χ4n) is 1.36. The molecular formula is C13H17NO. The van der Waals surface area contributed by atoms with Gasteiger partial charge in [0.2, 0.25) is 5.91 Å². The van der Waals surface area contributed by atoms with Crippen molar-refractivity contribution in [3.8, 4) is 0 Å². The summed E-state index contributed by atoms with van der Waals surface area (Å²) in [5, 5.41) is 0. The van der Waals surface area contributed by atoms with Crippen LogP contribution in [0.4, 0.5) is 0 Å². The predicted molar refractivity (Wildman–Crippen MR) is 63.4 cm³/mol.